The van der Waals surface area contributed by atoms with Crippen LogP contribution in [0.1, 0.15) is 30.4 Å². The summed E-state index contributed by atoms with van der Waals surface area (Å²) in [6, 6.07) is 0. The second kappa shape index (κ2) is 5.50. The second-order valence-corrected chi connectivity index (χ2v) is 5.19. The van der Waals surface area contributed by atoms with E-state index in [4.69, 9.17) is 16.7 Å². The zero-order chi connectivity index (χ0) is 12.3. The minimum absolute atomic E-state index is 0.0784. The van der Waals surface area contributed by atoms with Crippen molar-refractivity contribution in [2.75, 3.05) is 18.0 Å². The summed E-state index contributed by atoms with van der Waals surface area (Å²) >= 11 is 6.89. The molecular weight excluding hydrogens is 248 g/mol. The predicted octanol–water partition coefficient (Wildman–Crippen LogP) is 2.98. The minimum atomic E-state index is -1.02. The molecule has 0 atom stereocenters. The van der Waals surface area contributed by atoms with E-state index in [1.807, 2.05) is 11.8 Å². The third-order valence-corrected chi connectivity index (χ3v) is 3.50. The van der Waals surface area contributed by atoms with Crippen molar-refractivity contribution in [1.82, 2.24) is 4.98 Å². The van der Waals surface area contributed by atoms with Gasteiger partial charge in [-0.3, -0.25) is 0 Å². The van der Waals surface area contributed by atoms with E-state index >= 15 is 0 Å². The number of anilines is 1. The molecule has 0 radical (unpaired) electrons. The van der Waals surface area contributed by atoms with Gasteiger partial charge in [0, 0.05) is 13.1 Å². The zero-order valence-corrected chi connectivity index (χ0v) is 11.1. The quantitative estimate of drug-likeness (QED) is 0.886. The van der Waals surface area contributed by atoms with Gasteiger partial charge in [0.15, 0.2) is 15.2 Å². The lowest BCUT2D eigenvalue weighted by Gasteiger charge is -2.21. The Bertz CT molecular complexity index is 379. The van der Waals surface area contributed by atoms with E-state index in [1.54, 1.807) is 0 Å². The van der Waals surface area contributed by atoms with E-state index in [2.05, 4.69) is 18.8 Å². The normalized spacial score (nSPS) is 10.8. The van der Waals surface area contributed by atoms with Crippen LogP contribution in [0.15, 0.2) is 0 Å². The van der Waals surface area contributed by atoms with Crippen molar-refractivity contribution in [1.29, 1.82) is 0 Å². The second-order valence-electron chi connectivity index (χ2n) is 3.85. The predicted molar refractivity (Wildman–Crippen MR) is 66.8 cm³/mol. The van der Waals surface area contributed by atoms with E-state index in [1.165, 1.54) is 0 Å². The summed E-state index contributed by atoms with van der Waals surface area (Å²) in [6.45, 7) is 7.87. The monoisotopic (exact) mass is 262 g/mol. The van der Waals surface area contributed by atoms with Crippen LogP contribution in [-0.2, 0) is 0 Å². The number of hydrogen-bond acceptors (Lipinski definition) is 4. The van der Waals surface area contributed by atoms with Crippen molar-refractivity contribution in [2.24, 2.45) is 5.92 Å². The van der Waals surface area contributed by atoms with Crippen LogP contribution >= 0.6 is 22.9 Å². The Hall–Kier alpha value is -0.810. The average Bonchev–Trinajstić information content (AvgIpc) is 2.56. The van der Waals surface area contributed by atoms with Crippen molar-refractivity contribution in [3.8, 4) is 0 Å². The molecule has 1 aromatic heterocycles. The standard InChI is InChI=1S/C10H15ClN2O2S/c1-4-13(5-6(2)3)10-12-8(11)7(16-10)9(14)15/h6H,4-5H2,1-3H3,(H,14,15). The maximum Gasteiger partial charge on any atom is 0.349 e. The number of carboxylic acids is 1. The van der Waals surface area contributed by atoms with Crippen LogP contribution in [0.2, 0.25) is 5.15 Å². The number of halogens is 1. The summed E-state index contributed by atoms with van der Waals surface area (Å²) < 4.78 is 0. The van der Waals surface area contributed by atoms with Gasteiger partial charge in [0.25, 0.3) is 0 Å². The Morgan fingerprint density at radius 2 is 2.25 bits per heavy atom. The summed E-state index contributed by atoms with van der Waals surface area (Å²) in [5.41, 5.74) is 0. The van der Waals surface area contributed by atoms with Crippen molar-refractivity contribution in [3.63, 3.8) is 0 Å². The molecule has 0 aliphatic heterocycles. The molecule has 4 nitrogen and oxygen atoms in total. The molecule has 6 heteroatoms. The maximum atomic E-state index is 10.8. The summed E-state index contributed by atoms with van der Waals surface area (Å²) in [5, 5.41) is 9.64. The highest BCUT2D eigenvalue weighted by molar-refractivity contribution is 7.18. The Morgan fingerprint density at radius 1 is 1.62 bits per heavy atom. The van der Waals surface area contributed by atoms with Gasteiger partial charge in [0.1, 0.15) is 0 Å². The Labute approximate surface area is 104 Å². The summed E-state index contributed by atoms with van der Waals surface area (Å²) in [4.78, 5) is 17.1. The number of aromatic nitrogens is 1. The number of carboxylic acid groups (broad SMARTS) is 1. The molecule has 0 aromatic carbocycles. The SMILES string of the molecule is CCN(CC(C)C)c1nc(Cl)c(C(=O)O)s1. The van der Waals surface area contributed by atoms with Gasteiger partial charge in [-0.2, -0.15) is 0 Å². The molecule has 0 bridgehead atoms. The molecular formula is C10H15ClN2O2S. The molecule has 90 valence electrons. The first-order chi connectivity index (χ1) is 7.45. The van der Waals surface area contributed by atoms with E-state index in [-0.39, 0.29) is 10.0 Å². The first-order valence-corrected chi connectivity index (χ1v) is 6.29. The molecule has 1 aromatic rings. The van der Waals surface area contributed by atoms with Gasteiger partial charge in [-0.15, -0.1) is 0 Å². The third-order valence-electron chi connectivity index (χ3n) is 2.01. The van der Waals surface area contributed by atoms with Crippen molar-refractivity contribution >= 4 is 34.0 Å². The molecule has 1 N–H and O–H groups in total. The molecule has 0 fully saturated rings. The lowest BCUT2D eigenvalue weighted by Crippen LogP contribution is -2.26. The fraction of sp³-hybridized carbons (Fsp3) is 0.600. The number of nitrogens with zero attached hydrogens (tertiary/aromatic N) is 2. The van der Waals surface area contributed by atoms with Crippen molar-refractivity contribution in [2.45, 2.75) is 20.8 Å². The number of carbonyl (C=O) groups is 1. The van der Waals surface area contributed by atoms with Gasteiger partial charge in [-0.05, 0) is 12.8 Å². The molecule has 0 unspecified atom stereocenters. The number of aromatic carboxylic acids is 1. The Balaban J connectivity index is 2.93. The largest absolute Gasteiger partial charge is 0.477 e. The van der Waals surface area contributed by atoms with E-state index < -0.39 is 5.97 Å². The highest BCUT2D eigenvalue weighted by Crippen LogP contribution is 2.29. The van der Waals surface area contributed by atoms with Crippen molar-refractivity contribution < 1.29 is 9.90 Å². The fourth-order valence-corrected chi connectivity index (χ4v) is 2.54. The number of rotatable bonds is 5. The van der Waals surface area contributed by atoms with Crippen LogP contribution in [-0.4, -0.2) is 29.1 Å². The lowest BCUT2D eigenvalue weighted by molar-refractivity contribution is 0.0702. The van der Waals surface area contributed by atoms with E-state index in [0.29, 0.717) is 11.0 Å². The molecule has 0 amide bonds. The fourth-order valence-electron chi connectivity index (χ4n) is 1.34. The number of thiazole rings is 1. The van der Waals surface area contributed by atoms with Crippen LogP contribution in [0.5, 0.6) is 0 Å². The van der Waals surface area contributed by atoms with E-state index in [0.717, 1.165) is 24.4 Å². The molecule has 1 rings (SSSR count). The topological polar surface area (TPSA) is 53.4 Å². The van der Waals surface area contributed by atoms with E-state index in [9.17, 15) is 4.79 Å². The van der Waals surface area contributed by atoms with Gasteiger partial charge in [-0.25, -0.2) is 9.78 Å². The van der Waals surface area contributed by atoms with Gasteiger partial charge in [-0.1, -0.05) is 36.8 Å². The lowest BCUT2D eigenvalue weighted by atomic mass is 10.2. The molecule has 0 aliphatic carbocycles. The summed E-state index contributed by atoms with van der Waals surface area (Å²) in [7, 11) is 0. The molecule has 0 saturated carbocycles. The van der Waals surface area contributed by atoms with Crippen LogP contribution < -0.4 is 4.90 Å². The van der Waals surface area contributed by atoms with Crippen LogP contribution in [0.4, 0.5) is 5.13 Å². The van der Waals surface area contributed by atoms with Gasteiger partial charge >= 0.3 is 5.97 Å². The maximum absolute atomic E-state index is 10.8. The average molecular weight is 263 g/mol. The van der Waals surface area contributed by atoms with Crippen molar-refractivity contribution in [3.05, 3.63) is 10.0 Å². The minimum Gasteiger partial charge on any atom is -0.477 e. The van der Waals surface area contributed by atoms with Gasteiger partial charge < -0.3 is 10.0 Å². The molecule has 0 aliphatic rings. The smallest absolute Gasteiger partial charge is 0.349 e. The summed E-state index contributed by atoms with van der Waals surface area (Å²) in [6.07, 6.45) is 0. The zero-order valence-electron chi connectivity index (χ0n) is 9.53. The van der Waals surface area contributed by atoms with Crippen LogP contribution in [0, 0.1) is 5.92 Å². The molecule has 16 heavy (non-hydrogen) atoms. The van der Waals surface area contributed by atoms with Gasteiger partial charge in [0.2, 0.25) is 0 Å². The first kappa shape index (κ1) is 13.3. The van der Waals surface area contributed by atoms with Crippen LogP contribution in [0.3, 0.4) is 0 Å². The third kappa shape index (κ3) is 3.09. The summed E-state index contributed by atoms with van der Waals surface area (Å²) in [5.74, 6) is -0.523. The van der Waals surface area contributed by atoms with Gasteiger partial charge in [0.05, 0.1) is 0 Å². The Kier molecular flexibility index (Phi) is 4.56. The molecule has 1 heterocycles. The highest BCUT2D eigenvalue weighted by atomic mass is 35.5. The molecule has 0 saturated heterocycles. The van der Waals surface area contributed by atoms with Crippen LogP contribution in [0.25, 0.3) is 0 Å². The first-order valence-electron chi connectivity index (χ1n) is 5.10. The highest BCUT2D eigenvalue weighted by Gasteiger charge is 2.19. The Morgan fingerprint density at radius 3 is 2.62 bits per heavy atom. The molecule has 0 spiro atoms. The number of hydrogen-bond donors (Lipinski definition) is 1.